The van der Waals surface area contributed by atoms with E-state index in [1.54, 1.807) is 24.3 Å². The Hall–Kier alpha value is -2.15. The first kappa shape index (κ1) is 19.2. The third-order valence-electron chi connectivity index (χ3n) is 5.62. The Balaban J connectivity index is 1.27. The van der Waals surface area contributed by atoms with Gasteiger partial charge in [0.2, 0.25) is 5.95 Å². The molecule has 6 nitrogen and oxygen atoms in total. The number of aromatic nitrogens is 2. The van der Waals surface area contributed by atoms with Crippen LogP contribution in [0.2, 0.25) is 0 Å². The van der Waals surface area contributed by atoms with Crippen molar-refractivity contribution < 1.29 is 13.2 Å². The third-order valence-corrected chi connectivity index (χ3v) is 6.74. The van der Waals surface area contributed by atoms with Crippen molar-refractivity contribution in [3.63, 3.8) is 0 Å². The van der Waals surface area contributed by atoms with Gasteiger partial charge in [-0.2, -0.15) is 0 Å². The zero-order chi connectivity index (χ0) is 19.6. The summed E-state index contributed by atoms with van der Waals surface area (Å²) in [6.07, 6.45) is 8.97. The predicted molar refractivity (Wildman–Crippen MR) is 109 cm³/mol. The molecule has 1 aliphatic heterocycles. The van der Waals surface area contributed by atoms with Gasteiger partial charge in [0, 0.05) is 37.2 Å². The highest BCUT2D eigenvalue weighted by molar-refractivity contribution is 7.90. The molecule has 0 radical (unpaired) electrons. The van der Waals surface area contributed by atoms with Crippen LogP contribution in [0.3, 0.4) is 0 Å². The average molecular weight is 402 g/mol. The molecule has 1 saturated carbocycles. The van der Waals surface area contributed by atoms with Gasteiger partial charge in [-0.05, 0) is 68.4 Å². The number of hydrogen-bond donors (Lipinski definition) is 0. The fourth-order valence-electron chi connectivity index (χ4n) is 3.85. The van der Waals surface area contributed by atoms with Crippen molar-refractivity contribution in [1.82, 2.24) is 9.97 Å². The van der Waals surface area contributed by atoms with E-state index in [0.717, 1.165) is 37.6 Å². The van der Waals surface area contributed by atoms with Gasteiger partial charge in [-0.25, -0.2) is 18.4 Å². The standard InChI is InChI=1S/C21H27N3O3S/c1-28(25,26)18-7-5-17(6-8-18)27-14-10-16-15-19(16)20-9-11-22-21(23-20)24-12-3-2-4-13-24/h5-9,11,16,19H,2-4,10,12-15H2,1H3. The van der Waals surface area contributed by atoms with Crippen LogP contribution >= 0.6 is 0 Å². The van der Waals surface area contributed by atoms with E-state index in [2.05, 4.69) is 9.88 Å². The molecule has 1 saturated heterocycles. The fourth-order valence-corrected chi connectivity index (χ4v) is 4.49. The van der Waals surface area contributed by atoms with Crippen molar-refractivity contribution in [1.29, 1.82) is 0 Å². The molecule has 2 heterocycles. The molecule has 4 rings (SSSR count). The summed E-state index contributed by atoms with van der Waals surface area (Å²) in [7, 11) is -3.16. The zero-order valence-electron chi connectivity index (χ0n) is 16.3. The highest BCUT2D eigenvalue weighted by atomic mass is 32.2. The van der Waals surface area contributed by atoms with Crippen molar-refractivity contribution in [3.05, 3.63) is 42.2 Å². The van der Waals surface area contributed by atoms with E-state index in [0.29, 0.717) is 29.1 Å². The Morgan fingerprint density at radius 2 is 1.86 bits per heavy atom. The van der Waals surface area contributed by atoms with Crippen LogP contribution in [0, 0.1) is 5.92 Å². The molecule has 0 amide bonds. The summed E-state index contributed by atoms with van der Waals surface area (Å²) in [6.45, 7) is 2.75. The number of piperidine rings is 1. The Bertz CT molecular complexity index is 909. The number of hydrogen-bond acceptors (Lipinski definition) is 6. The smallest absolute Gasteiger partial charge is 0.225 e. The lowest BCUT2D eigenvalue weighted by atomic mass is 10.1. The molecule has 2 atom stereocenters. The molecular weight excluding hydrogens is 374 g/mol. The minimum absolute atomic E-state index is 0.315. The van der Waals surface area contributed by atoms with Crippen molar-refractivity contribution in [2.45, 2.75) is 42.9 Å². The van der Waals surface area contributed by atoms with Crippen molar-refractivity contribution >= 4 is 15.8 Å². The molecule has 28 heavy (non-hydrogen) atoms. The van der Waals surface area contributed by atoms with Crippen LogP contribution in [0.15, 0.2) is 41.4 Å². The summed E-state index contributed by atoms with van der Waals surface area (Å²) < 4.78 is 28.8. The highest BCUT2D eigenvalue weighted by Crippen LogP contribution is 2.49. The van der Waals surface area contributed by atoms with Crippen LogP contribution < -0.4 is 9.64 Å². The summed E-state index contributed by atoms with van der Waals surface area (Å²) in [6, 6.07) is 8.66. The molecule has 150 valence electrons. The van der Waals surface area contributed by atoms with E-state index in [1.807, 2.05) is 12.3 Å². The lowest BCUT2D eigenvalue weighted by molar-refractivity contribution is 0.301. The minimum atomic E-state index is -3.16. The van der Waals surface area contributed by atoms with Crippen molar-refractivity contribution in [3.8, 4) is 5.75 Å². The van der Waals surface area contributed by atoms with Crippen LogP contribution in [0.1, 0.15) is 43.7 Å². The number of anilines is 1. The van der Waals surface area contributed by atoms with Gasteiger partial charge in [0.05, 0.1) is 11.5 Å². The Morgan fingerprint density at radius 1 is 1.11 bits per heavy atom. The van der Waals surface area contributed by atoms with Crippen LogP contribution in [-0.4, -0.2) is 44.3 Å². The number of rotatable bonds is 7. The molecule has 7 heteroatoms. The summed E-state index contributed by atoms with van der Waals surface area (Å²) >= 11 is 0. The molecule has 0 spiro atoms. The molecular formula is C21H27N3O3S. The van der Waals surface area contributed by atoms with E-state index in [1.165, 1.54) is 25.5 Å². The van der Waals surface area contributed by atoms with Gasteiger partial charge in [-0.1, -0.05) is 0 Å². The van der Waals surface area contributed by atoms with Gasteiger partial charge in [0.25, 0.3) is 0 Å². The van der Waals surface area contributed by atoms with Crippen molar-refractivity contribution in [2.24, 2.45) is 5.92 Å². The number of benzene rings is 1. The number of sulfone groups is 1. The molecule has 2 unspecified atom stereocenters. The van der Waals surface area contributed by atoms with Crippen LogP contribution in [0.5, 0.6) is 5.75 Å². The maximum atomic E-state index is 11.5. The molecule has 0 N–H and O–H groups in total. The first-order chi connectivity index (χ1) is 13.5. The minimum Gasteiger partial charge on any atom is -0.494 e. The van der Waals surface area contributed by atoms with Crippen LogP contribution in [0.25, 0.3) is 0 Å². The van der Waals surface area contributed by atoms with Gasteiger partial charge < -0.3 is 9.64 Å². The molecule has 2 aromatic rings. The van der Waals surface area contributed by atoms with Crippen LogP contribution in [0.4, 0.5) is 5.95 Å². The summed E-state index contributed by atoms with van der Waals surface area (Å²) in [4.78, 5) is 11.9. The van der Waals surface area contributed by atoms with Crippen molar-refractivity contribution in [2.75, 3.05) is 30.9 Å². The molecule has 1 aliphatic carbocycles. The summed E-state index contributed by atoms with van der Waals surface area (Å²) in [5, 5.41) is 0. The first-order valence-electron chi connectivity index (χ1n) is 10.0. The summed E-state index contributed by atoms with van der Waals surface area (Å²) in [5.74, 6) is 2.69. The Morgan fingerprint density at radius 3 is 2.57 bits per heavy atom. The largest absolute Gasteiger partial charge is 0.494 e. The van der Waals surface area contributed by atoms with E-state index >= 15 is 0 Å². The molecule has 1 aromatic carbocycles. The van der Waals surface area contributed by atoms with Gasteiger partial charge in [-0.3, -0.25) is 0 Å². The monoisotopic (exact) mass is 401 g/mol. The lowest BCUT2D eigenvalue weighted by Gasteiger charge is -2.26. The first-order valence-corrected chi connectivity index (χ1v) is 11.9. The van der Waals surface area contributed by atoms with E-state index in [9.17, 15) is 8.42 Å². The zero-order valence-corrected chi connectivity index (χ0v) is 17.1. The maximum Gasteiger partial charge on any atom is 0.225 e. The SMILES string of the molecule is CS(=O)(=O)c1ccc(OCCC2CC2c2ccnc(N3CCCCC3)n2)cc1. The van der Waals surface area contributed by atoms with Gasteiger partial charge in [0.1, 0.15) is 5.75 Å². The third kappa shape index (κ3) is 4.63. The lowest BCUT2D eigenvalue weighted by Crippen LogP contribution is -2.31. The number of ether oxygens (including phenoxy) is 1. The normalized spacial score (nSPS) is 22.1. The quantitative estimate of drug-likeness (QED) is 0.708. The second-order valence-electron chi connectivity index (χ2n) is 7.81. The Kier molecular flexibility index (Phi) is 5.53. The molecule has 2 fully saturated rings. The second-order valence-corrected chi connectivity index (χ2v) is 9.83. The van der Waals surface area contributed by atoms with E-state index < -0.39 is 9.84 Å². The van der Waals surface area contributed by atoms with Gasteiger partial charge >= 0.3 is 0 Å². The summed E-state index contributed by atoms with van der Waals surface area (Å²) in [5.41, 5.74) is 1.15. The average Bonchev–Trinajstić information content (AvgIpc) is 3.48. The van der Waals surface area contributed by atoms with E-state index in [4.69, 9.17) is 9.72 Å². The van der Waals surface area contributed by atoms with Gasteiger partial charge in [0.15, 0.2) is 9.84 Å². The number of nitrogens with zero attached hydrogens (tertiary/aromatic N) is 3. The fraction of sp³-hybridized carbons (Fsp3) is 0.524. The van der Waals surface area contributed by atoms with E-state index in [-0.39, 0.29) is 0 Å². The van der Waals surface area contributed by atoms with Crippen LogP contribution in [-0.2, 0) is 9.84 Å². The van der Waals surface area contributed by atoms with Gasteiger partial charge in [-0.15, -0.1) is 0 Å². The maximum absolute atomic E-state index is 11.5. The second kappa shape index (κ2) is 8.07. The molecule has 0 bridgehead atoms. The Labute approximate surface area is 166 Å². The topological polar surface area (TPSA) is 72.4 Å². The molecule has 2 aliphatic rings. The highest BCUT2D eigenvalue weighted by Gasteiger charge is 2.39. The predicted octanol–water partition coefficient (Wildman–Crippen LogP) is 3.44. The molecule has 1 aromatic heterocycles.